The van der Waals surface area contributed by atoms with E-state index in [1.165, 1.54) is 11.8 Å². The van der Waals surface area contributed by atoms with Crippen LogP contribution >= 0.6 is 0 Å². The monoisotopic (exact) mass is 360 g/mol. The van der Waals surface area contributed by atoms with Gasteiger partial charge in [-0.1, -0.05) is 19.1 Å². The van der Waals surface area contributed by atoms with Gasteiger partial charge in [-0.2, -0.15) is 0 Å². The number of amides is 3. The van der Waals surface area contributed by atoms with E-state index in [9.17, 15) is 19.2 Å². The first-order valence-electron chi connectivity index (χ1n) is 8.83. The summed E-state index contributed by atoms with van der Waals surface area (Å²) in [6.45, 7) is 6.09. The van der Waals surface area contributed by atoms with Crippen molar-refractivity contribution in [2.45, 2.75) is 39.7 Å². The molecule has 0 aromatic heterocycles. The fourth-order valence-corrected chi connectivity index (χ4v) is 3.00. The van der Waals surface area contributed by atoms with Crippen LogP contribution in [-0.2, 0) is 14.3 Å². The lowest BCUT2D eigenvalue weighted by Gasteiger charge is -2.29. The highest BCUT2D eigenvalue weighted by Gasteiger charge is 2.41. The Bertz CT molecular complexity index is 681. The second-order valence-electron chi connectivity index (χ2n) is 6.08. The molecule has 26 heavy (non-hydrogen) atoms. The molecule has 1 aromatic carbocycles. The van der Waals surface area contributed by atoms with Crippen LogP contribution in [0, 0.1) is 0 Å². The number of hydrogen-bond donors (Lipinski definition) is 0. The number of ether oxygens (including phenoxy) is 1. The lowest BCUT2D eigenvalue weighted by molar-refractivity contribution is -0.144. The zero-order chi connectivity index (χ0) is 19.3. The largest absolute Gasteiger partial charge is 0.466 e. The molecule has 0 aliphatic carbocycles. The van der Waals surface area contributed by atoms with Crippen molar-refractivity contribution in [2.24, 2.45) is 0 Å². The number of hydrogen-bond acceptors (Lipinski definition) is 5. The lowest BCUT2D eigenvalue weighted by atomic mass is 10.1. The minimum Gasteiger partial charge on any atom is -0.466 e. The maximum absolute atomic E-state index is 12.9. The number of benzene rings is 1. The molecule has 1 aliphatic rings. The van der Waals surface area contributed by atoms with Crippen molar-refractivity contribution in [3.8, 4) is 0 Å². The van der Waals surface area contributed by atoms with E-state index < -0.39 is 17.9 Å². The maximum Gasteiger partial charge on any atom is 0.307 e. The van der Waals surface area contributed by atoms with Crippen LogP contribution in [0.15, 0.2) is 24.3 Å². The van der Waals surface area contributed by atoms with E-state index in [4.69, 9.17) is 4.74 Å². The number of nitrogens with zero attached hydrogens (tertiary/aromatic N) is 2. The van der Waals surface area contributed by atoms with E-state index in [2.05, 4.69) is 0 Å². The van der Waals surface area contributed by atoms with Crippen LogP contribution in [0.1, 0.15) is 54.3 Å². The van der Waals surface area contributed by atoms with Gasteiger partial charge in [0.15, 0.2) is 0 Å². The number of imide groups is 1. The molecule has 0 saturated carbocycles. The Kier molecular flexibility index (Phi) is 6.49. The van der Waals surface area contributed by atoms with Crippen LogP contribution < -0.4 is 0 Å². The molecule has 1 aliphatic heterocycles. The summed E-state index contributed by atoms with van der Waals surface area (Å²) in [5.41, 5.74) is 0.622. The summed E-state index contributed by atoms with van der Waals surface area (Å²) in [5.74, 6) is -1.66. The molecule has 3 amide bonds. The Hall–Kier alpha value is -2.70. The Balaban J connectivity index is 2.12. The van der Waals surface area contributed by atoms with Gasteiger partial charge in [0.1, 0.15) is 6.04 Å². The number of rotatable bonds is 8. The zero-order valence-electron chi connectivity index (χ0n) is 15.4. The predicted octanol–water partition coefficient (Wildman–Crippen LogP) is 1.86. The standard InChI is InChI=1S/C19H24N2O5/c1-4-11-20(12-10-16(22)26-5-2)17(23)13(3)21-18(24)14-8-6-7-9-15(14)19(21)25/h6-9,13H,4-5,10-12H2,1-3H3. The van der Waals surface area contributed by atoms with Crippen molar-refractivity contribution in [3.63, 3.8) is 0 Å². The predicted molar refractivity (Wildman–Crippen MR) is 94.5 cm³/mol. The van der Waals surface area contributed by atoms with Gasteiger partial charge in [0, 0.05) is 13.1 Å². The first-order chi connectivity index (χ1) is 12.4. The molecule has 0 saturated heterocycles. The van der Waals surface area contributed by atoms with Crippen LogP contribution in [0.2, 0.25) is 0 Å². The molecule has 0 fully saturated rings. The topological polar surface area (TPSA) is 84.0 Å². The highest BCUT2D eigenvalue weighted by atomic mass is 16.5. The first kappa shape index (κ1) is 19.6. The Labute approximate surface area is 152 Å². The molecule has 7 nitrogen and oxygen atoms in total. The Morgan fingerprint density at radius 1 is 1.08 bits per heavy atom. The molecule has 140 valence electrons. The van der Waals surface area contributed by atoms with Crippen molar-refractivity contribution >= 4 is 23.7 Å². The molecule has 0 N–H and O–H groups in total. The van der Waals surface area contributed by atoms with Gasteiger partial charge in [-0.3, -0.25) is 24.1 Å². The van der Waals surface area contributed by atoms with Crippen LogP contribution in [0.5, 0.6) is 0 Å². The lowest BCUT2D eigenvalue weighted by Crippen LogP contribution is -2.50. The SMILES string of the molecule is CCCN(CCC(=O)OCC)C(=O)C(C)N1C(=O)c2ccccc2C1=O. The molecule has 0 bridgehead atoms. The quantitative estimate of drug-likeness (QED) is 0.522. The molecule has 2 rings (SSSR count). The van der Waals surface area contributed by atoms with Crippen molar-refractivity contribution in [2.75, 3.05) is 19.7 Å². The summed E-state index contributed by atoms with van der Waals surface area (Å²) in [7, 11) is 0. The summed E-state index contributed by atoms with van der Waals surface area (Å²) in [6.07, 6.45) is 0.776. The highest BCUT2D eigenvalue weighted by molar-refractivity contribution is 6.22. The normalized spacial score (nSPS) is 14.2. The highest BCUT2D eigenvalue weighted by Crippen LogP contribution is 2.25. The van der Waals surface area contributed by atoms with E-state index in [0.29, 0.717) is 24.1 Å². The number of fused-ring (bicyclic) bond motifs is 1. The Morgan fingerprint density at radius 3 is 2.15 bits per heavy atom. The molecule has 0 radical (unpaired) electrons. The van der Waals surface area contributed by atoms with Gasteiger partial charge < -0.3 is 9.64 Å². The number of esters is 1. The van der Waals surface area contributed by atoms with Gasteiger partial charge >= 0.3 is 5.97 Å². The third-order valence-electron chi connectivity index (χ3n) is 4.27. The minimum atomic E-state index is -0.934. The molecular formula is C19H24N2O5. The van der Waals surface area contributed by atoms with Crippen molar-refractivity contribution in [1.82, 2.24) is 9.80 Å². The summed E-state index contributed by atoms with van der Waals surface area (Å²) in [6, 6.07) is 5.59. The molecule has 1 atom stereocenters. The summed E-state index contributed by atoms with van der Waals surface area (Å²) >= 11 is 0. The Morgan fingerprint density at radius 2 is 1.65 bits per heavy atom. The van der Waals surface area contributed by atoms with Crippen LogP contribution in [-0.4, -0.2) is 59.2 Å². The van der Waals surface area contributed by atoms with E-state index in [1.54, 1.807) is 31.2 Å². The average molecular weight is 360 g/mol. The number of carbonyl (C=O) groups is 4. The second-order valence-corrected chi connectivity index (χ2v) is 6.08. The van der Waals surface area contributed by atoms with Gasteiger partial charge in [0.25, 0.3) is 11.8 Å². The minimum absolute atomic E-state index is 0.0778. The van der Waals surface area contributed by atoms with E-state index >= 15 is 0 Å². The fourth-order valence-electron chi connectivity index (χ4n) is 3.00. The number of carbonyl (C=O) groups excluding carboxylic acids is 4. The maximum atomic E-state index is 12.9. The summed E-state index contributed by atoms with van der Waals surface area (Å²) in [4.78, 5) is 52.0. The van der Waals surface area contributed by atoms with E-state index in [1.807, 2.05) is 6.92 Å². The molecule has 0 spiro atoms. The van der Waals surface area contributed by atoms with Gasteiger partial charge in [-0.05, 0) is 32.4 Å². The van der Waals surface area contributed by atoms with Gasteiger partial charge in [-0.25, -0.2) is 0 Å². The molecule has 1 unspecified atom stereocenters. The molecular weight excluding hydrogens is 336 g/mol. The van der Waals surface area contributed by atoms with Gasteiger partial charge in [0.05, 0.1) is 24.2 Å². The first-order valence-corrected chi connectivity index (χ1v) is 8.83. The van der Waals surface area contributed by atoms with Crippen molar-refractivity contribution in [3.05, 3.63) is 35.4 Å². The smallest absolute Gasteiger partial charge is 0.307 e. The third kappa shape index (κ3) is 3.92. The van der Waals surface area contributed by atoms with E-state index in [0.717, 1.165) is 4.90 Å². The second kappa shape index (κ2) is 8.60. The fraction of sp³-hybridized carbons (Fsp3) is 0.474. The molecule has 1 aromatic rings. The zero-order valence-corrected chi connectivity index (χ0v) is 15.4. The van der Waals surface area contributed by atoms with E-state index in [-0.39, 0.29) is 31.4 Å². The molecule has 1 heterocycles. The van der Waals surface area contributed by atoms with Crippen molar-refractivity contribution < 1.29 is 23.9 Å². The summed E-state index contributed by atoms with van der Waals surface area (Å²) < 4.78 is 4.89. The average Bonchev–Trinajstić information content (AvgIpc) is 2.89. The molecule has 7 heteroatoms. The summed E-state index contributed by atoms with van der Waals surface area (Å²) in [5, 5.41) is 0. The van der Waals surface area contributed by atoms with Crippen LogP contribution in [0.25, 0.3) is 0 Å². The van der Waals surface area contributed by atoms with Crippen LogP contribution in [0.3, 0.4) is 0 Å². The van der Waals surface area contributed by atoms with Crippen molar-refractivity contribution in [1.29, 1.82) is 0 Å². The van der Waals surface area contributed by atoms with Crippen LogP contribution in [0.4, 0.5) is 0 Å². The van der Waals surface area contributed by atoms with Gasteiger partial charge in [-0.15, -0.1) is 0 Å². The third-order valence-corrected chi connectivity index (χ3v) is 4.27. The van der Waals surface area contributed by atoms with Gasteiger partial charge in [0.2, 0.25) is 5.91 Å².